The van der Waals surface area contributed by atoms with E-state index in [-0.39, 0.29) is 11.9 Å². The van der Waals surface area contributed by atoms with Crippen molar-refractivity contribution in [3.63, 3.8) is 0 Å². The smallest absolute Gasteiger partial charge is 0.243 e. The van der Waals surface area contributed by atoms with E-state index in [1.54, 1.807) is 4.90 Å². The van der Waals surface area contributed by atoms with Crippen molar-refractivity contribution in [3.8, 4) is 0 Å². The van der Waals surface area contributed by atoms with Gasteiger partial charge < -0.3 is 10.6 Å². The fourth-order valence-electron chi connectivity index (χ4n) is 1.57. The number of nitrogens with zero attached hydrogens (tertiary/aromatic N) is 1. The third-order valence-electron chi connectivity index (χ3n) is 2.31. The molecule has 0 radical (unpaired) electrons. The second-order valence-corrected chi connectivity index (χ2v) is 3.22. The van der Waals surface area contributed by atoms with E-state index < -0.39 is 0 Å². The molecule has 3 heteroatoms. The molecule has 1 aliphatic heterocycles. The predicted molar refractivity (Wildman–Crippen MR) is 51.4 cm³/mol. The number of carbonyl (C=O) groups is 1. The van der Waals surface area contributed by atoms with Crippen LogP contribution in [0.2, 0.25) is 0 Å². The van der Waals surface area contributed by atoms with Crippen molar-refractivity contribution in [1.29, 1.82) is 0 Å². The van der Waals surface area contributed by atoms with Crippen molar-refractivity contribution in [2.45, 2.75) is 12.5 Å². The number of anilines is 1. The van der Waals surface area contributed by atoms with Gasteiger partial charge in [-0.3, -0.25) is 4.79 Å². The minimum atomic E-state index is -0.305. The van der Waals surface area contributed by atoms with Gasteiger partial charge in [0.2, 0.25) is 5.91 Å². The van der Waals surface area contributed by atoms with E-state index >= 15 is 0 Å². The van der Waals surface area contributed by atoms with E-state index in [0.29, 0.717) is 0 Å². The Labute approximate surface area is 77.1 Å². The number of amides is 1. The average Bonchev–Trinajstić information content (AvgIpc) is 2.49. The molecule has 0 bridgehead atoms. The summed E-state index contributed by atoms with van der Waals surface area (Å²) in [6.45, 7) is 0.740. The molecule has 0 spiro atoms. The lowest BCUT2D eigenvalue weighted by Gasteiger charge is -2.15. The third kappa shape index (κ3) is 1.42. The van der Waals surface area contributed by atoms with Gasteiger partial charge in [0.1, 0.15) is 0 Å². The molecule has 1 atom stereocenters. The van der Waals surface area contributed by atoms with Gasteiger partial charge in [-0.2, -0.15) is 0 Å². The first-order valence-corrected chi connectivity index (χ1v) is 4.41. The van der Waals surface area contributed by atoms with Gasteiger partial charge in [0.25, 0.3) is 0 Å². The van der Waals surface area contributed by atoms with Gasteiger partial charge in [-0.1, -0.05) is 18.2 Å². The van der Waals surface area contributed by atoms with Gasteiger partial charge in [-0.15, -0.1) is 0 Å². The van der Waals surface area contributed by atoms with Crippen LogP contribution >= 0.6 is 0 Å². The Balaban J connectivity index is 2.24. The van der Waals surface area contributed by atoms with Crippen molar-refractivity contribution >= 4 is 11.6 Å². The average molecular weight is 176 g/mol. The summed E-state index contributed by atoms with van der Waals surface area (Å²) in [6.07, 6.45) is 0.758. The van der Waals surface area contributed by atoms with E-state index in [1.807, 2.05) is 30.3 Å². The van der Waals surface area contributed by atoms with E-state index in [4.69, 9.17) is 5.73 Å². The molecule has 2 N–H and O–H groups in total. The Bertz CT molecular complexity index is 310. The zero-order valence-electron chi connectivity index (χ0n) is 7.31. The van der Waals surface area contributed by atoms with Crippen molar-refractivity contribution in [1.82, 2.24) is 0 Å². The molecule has 1 fully saturated rings. The Morgan fingerprint density at radius 3 is 2.54 bits per heavy atom. The number of benzene rings is 1. The standard InChI is InChI=1S/C10H12N2O/c11-9-6-7-12(10(9)13)8-4-2-1-3-5-8/h1-5,9H,6-7,11H2/t9-/m0/s1. The molecule has 1 aromatic carbocycles. The lowest BCUT2D eigenvalue weighted by Crippen LogP contribution is -2.33. The monoisotopic (exact) mass is 176 g/mol. The minimum Gasteiger partial charge on any atom is -0.320 e. The molecule has 0 unspecified atom stereocenters. The summed E-state index contributed by atoms with van der Waals surface area (Å²) >= 11 is 0. The minimum absolute atomic E-state index is 0.0335. The fourth-order valence-corrected chi connectivity index (χ4v) is 1.57. The Hall–Kier alpha value is -1.35. The molecule has 1 aliphatic rings. The van der Waals surface area contributed by atoms with Gasteiger partial charge in [-0.25, -0.2) is 0 Å². The van der Waals surface area contributed by atoms with Crippen LogP contribution in [-0.2, 0) is 4.79 Å². The van der Waals surface area contributed by atoms with Crippen LogP contribution in [-0.4, -0.2) is 18.5 Å². The van der Waals surface area contributed by atoms with E-state index in [0.717, 1.165) is 18.7 Å². The molecule has 68 valence electrons. The van der Waals surface area contributed by atoms with E-state index in [9.17, 15) is 4.79 Å². The quantitative estimate of drug-likeness (QED) is 0.686. The maximum Gasteiger partial charge on any atom is 0.243 e. The highest BCUT2D eigenvalue weighted by Crippen LogP contribution is 2.19. The molecular formula is C10H12N2O. The first-order valence-electron chi connectivity index (χ1n) is 4.41. The van der Waals surface area contributed by atoms with Crippen molar-refractivity contribution in [2.24, 2.45) is 5.73 Å². The number of carbonyl (C=O) groups excluding carboxylic acids is 1. The summed E-state index contributed by atoms with van der Waals surface area (Å²) in [7, 11) is 0. The second-order valence-electron chi connectivity index (χ2n) is 3.22. The Kier molecular flexibility index (Phi) is 2.02. The summed E-state index contributed by atoms with van der Waals surface area (Å²) in [6, 6.07) is 9.33. The molecule has 0 aliphatic carbocycles. The first-order chi connectivity index (χ1) is 6.29. The van der Waals surface area contributed by atoms with Crippen LogP contribution in [0.4, 0.5) is 5.69 Å². The number of para-hydroxylation sites is 1. The van der Waals surface area contributed by atoms with Crippen molar-refractivity contribution in [2.75, 3.05) is 11.4 Å². The molecule has 2 rings (SSSR count). The normalized spacial score (nSPS) is 22.4. The van der Waals surface area contributed by atoms with Crippen LogP contribution in [0.15, 0.2) is 30.3 Å². The van der Waals surface area contributed by atoms with Gasteiger partial charge in [0, 0.05) is 12.2 Å². The van der Waals surface area contributed by atoms with Crippen LogP contribution in [0.3, 0.4) is 0 Å². The van der Waals surface area contributed by atoms with Gasteiger partial charge >= 0.3 is 0 Å². The van der Waals surface area contributed by atoms with Crippen LogP contribution in [0.25, 0.3) is 0 Å². The molecule has 3 nitrogen and oxygen atoms in total. The Morgan fingerprint density at radius 2 is 2.00 bits per heavy atom. The molecule has 0 aromatic heterocycles. The lowest BCUT2D eigenvalue weighted by atomic mass is 10.3. The van der Waals surface area contributed by atoms with Crippen molar-refractivity contribution < 1.29 is 4.79 Å². The molecule has 13 heavy (non-hydrogen) atoms. The second kappa shape index (κ2) is 3.18. The van der Waals surface area contributed by atoms with Gasteiger partial charge in [0.15, 0.2) is 0 Å². The van der Waals surface area contributed by atoms with Crippen LogP contribution in [0.1, 0.15) is 6.42 Å². The highest BCUT2D eigenvalue weighted by molar-refractivity contribution is 5.99. The van der Waals surface area contributed by atoms with Crippen LogP contribution in [0, 0.1) is 0 Å². The topological polar surface area (TPSA) is 46.3 Å². The zero-order chi connectivity index (χ0) is 9.26. The number of hydrogen-bond donors (Lipinski definition) is 1. The zero-order valence-corrected chi connectivity index (χ0v) is 7.31. The highest BCUT2D eigenvalue weighted by atomic mass is 16.2. The fraction of sp³-hybridized carbons (Fsp3) is 0.300. The molecular weight excluding hydrogens is 164 g/mol. The van der Waals surface area contributed by atoms with Gasteiger partial charge in [0.05, 0.1) is 6.04 Å². The van der Waals surface area contributed by atoms with E-state index in [1.165, 1.54) is 0 Å². The summed E-state index contributed by atoms with van der Waals surface area (Å²) in [5.74, 6) is 0.0335. The molecule has 1 heterocycles. The summed E-state index contributed by atoms with van der Waals surface area (Å²) in [4.78, 5) is 13.2. The first kappa shape index (κ1) is 8.26. The molecule has 0 saturated carbocycles. The number of hydrogen-bond acceptors (Lipinski definition) is 2. The van der Waals surface area contributed by atoms with Crippen LogP contribution < -0.4 is 10.6 Å². The maximum absolute atomic E-state index is 11.5. The SMILES string of the molecule is N[C@H]1CCN(c2ccccc2)C1=O. The third-order valence-corrected chi connectivity index (χ3v) is 2.31. The van der Waals surface area contributed by atoms with Crippen LogP contribution in [0.5, 0.6) is 0 Å². The van der Waals surface area contributed by atoms with Gasteiger partial charge in [-0.05, 0) is 18.6 Å². The van der Waals surface area contributed by atoms with E-state index in [2.05, 4.69) is 0 Å². The molecule has 1 saturated heterocycles. The largest absolute Gasteiger partial charge is 0.320 e. The highest BCUT2D eigenvalue weighted by Gasteiger charge is 2.29. The number of nitrogens with two attached hydrogens (primary N) is 1. The summed E-state index contributed by atoms with van der Waals surface area (Å²) in [5, 5.41) is 0. The predicted octanol–water partition coefficient (Wildman–Crippen LogP) is 0.751. The number of rotatable bonds is 1. The summed E-state index contributed by atoms with van der Waals surface area (Å²) < 4.78 is 0. The molecule has 1 amide bonds. The summed E-state index contributed by atoms with van der Waals surface area (Å²) in [5.41, 5.74) is 6.56. The maximum atomic E-state index is 11.5. The molecule has 1 aromatic rings. The van der Waals surface area contributed by atoms with Crippen molar-refractivity contribution in [3.05, 3.63) is 30.3 Å². The Morgan fingerprint density at radius 1 is 1.31 bits per heavy atom. The lowest BCUT2D eigenvalue weighted by molar-refractivity contribution is -0.118.